The van der Waals surface area contributed by atoms with Crippen molar-refractivity contribution < 1.29 is 13.7 Å². The zero-order valence-electron chi connectivity index (χ0n) is 9.08. The summed E-state index contributed by atoms with van der Waals surface area (Å²) in [5.41, 5.74) is -0.752. The van der Waals surface area contributed by atoms with E-state index in [-0.39, 0.29) is 11.7 Å². The Hall–Kier alpha value is -1.72. The topological polar surface area (TPSA) is 55.2 Å². The van der Waals surface area contributed by atoms with Gasteiger partial charge in [0.05, 0.1) is 4.92 Å². The molecule has 1 aliphatic rings. The molecule has 6 heteroatoms. The van der Waals surface area contributed by atoms with Crippen LogP contribution in [0.3, 0.4) is 0 Å². The molecule has 1 aromatic rings. The molecule has 2 rings (SSSR count). The minimum absolute atomic E-state index is 0.0647. The number of anilines is 1. The van der Waals surface area contributed by atoms with Crippen molar-refractivity contribution in [3.05, 3.63) is 33.9 Å². The zero-order valence-corrected chi connectivity index (χ0v) is 9.08. The predicted octanol–water partition coefficient (Wildman–Crippen LogP) is 3.23. The van der Waals surface area contributed by atoms with Gasteiger partial charge in [0.25, 0.3) is 0 Å². The van der Waals surface area contributed by atoms with Gasteiger partial charge in [0.2, 0.25) is 5.82 Å². The van der Waals surface area contributed by atoms with Gasteiger partial charge in [-0.15, -0.1) is 0 Å². The van der Waals surface area contributed by atoms with E-state index in [9.17, 15) is 18.9 Å². The van der Waals surface area contributed by atoms with Crippen LogP contribution in [-0.4, -0.2) is 11.0 Å². The Morgan fingerprint density at radius 3 is 2.53 bits per heavy atom. The highest BCUT2D eigenvalue weighted by molar-refractivity contribution is 5.62. The number of hydrogen-bond acceptors (Lipinski definition) is 3. The number of nitro benzene ring substituents is 1. The number of nitrogens with one attached hydrogen (secondary N) is 1. The number of benzene rings is 1. The summed E-state index contributed by atoms with van der Waals surface area (Å²) in [5.74, 6) is -1.95. The normalized spacial score (nSPS) is 16.1. The molecule has 0 aromatic heterocycles. The lowest BCUT2D eigenvalue weighted by molar-refractivity contribution is -0.386. The van der Waals surface area contributed by atoms with E-state index < -0.39 is 22.2 Å². The molecule has 0 bridgehead atoms. The fourth-order valence-electron chi connectivity index (χ4n) is 2.15. The highest BCUT2D eigenvalue weighted by Gasteiger charge is 2.24. The van der Waals surface area contributed by atoms with Gasteiger partial charge in [0.1, 0.15) is 11.5 Å². The Kier molecular flexibility index (Phi) is 3.21. The van der Waals surface area contributed by atoms with E-state index in [0.29, 0.717) is 6.07 Å². The maximum absolute atomic E-state index is 13.3. The molecule has 0 amide bonds. The van der Waals surface area contributed by atoms with Crippen molar-refractivity contribution in [2.75, 3.05) is 5.32 Å². The molecule has 1 N–H and O–H groups in total. The molecular weight excluding hydrogens is 230 g/mol. The van der Waals surface area contributed by atoms with Crippen molar-refractivity contribution >= 4 is 11.4 Å². The van der Waals surface area contributed by atoms with Crippen molar-refractivity contribution in [1.82, 2.24) is 0 Å². The molecule has 0 atom stereocenters. The maximum atomic E-state index is 13.3. The lowest BCUT2D eigenvalue weighted by Crippen LogP contribution is -2.16. The average Bonchev–Trinajstić information content (AvgIpc) is 2.68. The second-order valence-electron chi connectivity index (χ2n) is 4.17. The molecule has 0 unspecified atom stereocenters. The second-order valence-corrected chi connectivity index (χ2v) is 4.17. The van der Waals surface area contributed by atoms with E-state index in [1.807, 2.05) is 0 Å². The molecule has 0 heterocycles. The van der Waals surface area contributed by atoms with E-state index in [0.717, 1.165) is 31.7 Å². The average molecular weight is 242 g/mol. The van der Waals surface area contributed by atoms with Crippen LogP contribution in [0.25, 0.3) is 0 Å². The zero-order chi connectivity index (χ0) is 12.4. The van der Waals surface area contributed by atoms with E-state index in [1.54, 1.807) is 0 Å². The molecule has 1 aliphatic carbocycles. The smallest absolute Gasteiger partial charge is 0.327 e. The minimum atomic E-state index is -1.14. The molecule has 4 nitrogen and oxygen atoms in total. The fourth-order valence-corrected chi connectivity index (χ4v) is 2.15. The monoisotopic (exact) mass is 242 g/mol. The van der Waals surface area contributed by atoms with Crippen LogP contribution in [0.2, 0.25) is 0 Å². The van der Waals surface area contributed by atoms with Crippen molar-refractivity contribution in [3.63, 3.8) is 0 Å². The largest absolute Gasteiger partial charge is 0.377 e. The molecule has 92 valence electrons. The maximum Gasteiger partial charge on any atom is 0.327 e. The Morgan fingerprint density at radius 1 is 1.29 bits per heavy atom. The van der Waals surface area contributed by atoms with Gasteiger partial charge in [-0.05, 0) is 12.8 Å². The fraction of sp³-hybridized carbons (Fsp3) is 0.455. The Labute approximate surface area is 96.8 Å². The van der Waals surface area contributed by atoms with E-state index in [1.165, 1.54) is 0 Å². The van der Waals surface area contributed by atoms with Crippen LogP contribution in [0.5, 0.6) is 0 Å². The summed E-state index contributed by atoms with van der Waals surface area (Å²) >= 11 is 0. The molecule has 1 saturated carbocycles. The van der Waals surface area contributed by atoms with Gasteiger partial charge in [-0.3, -0.25) is 10.1 Å². The first-order chi connectivity index (χ1) is 8.08. The quantitative estimate of drug-likeness (QED) is 0.654. The summed E-state index contributed by atoms with van der Waals surface area (Å²) in [7, 11) is 0. The van der Waals surface area contributed by atoms with E-state index in [2.05, 4.69) is 5.32 Å². The number of hydrogen-bond donors (Lipinski definition) is 1. The molecule has 0 spiro atoms. The molecule has 0 aliphatic heterocycles. The van der Waals surface area contributed by atoms with Gasteiger partial charge in [-0.2, -0.15) is 4.39 Å². The third-order valence-electron chi connectivity index (χ3n) is 2.93. The minimum Gasteiger partial charge on any atom is -0.377 e. The first kappa shape index (κ1) is 11.8. The molecule has 1 aromatic carbocycles. The lowest BCUT2D eigenvalue weighted by atomic mass is 10.2. The van der Waals surface area contributed by atoms with Crippen molar-refractivity contribution in [1.29, 1.82) is 0 Å². The molecule has 1 fully saturated rings. The Balaban J connectivity index is 2.32. The number of nitro groups is 1. The number of halogens is 2. The highest BCUT2D eigenvalue weighted by Crippen LogP contribution is 2.31. The number of nitrogens with zero attached hydrogens (tertiary/aromatic N) is 1. The van der Waals surface area contributed by atoms with Gasteiger partial charge in [-0.1, -0.05) is 12.8 Å². The summed E-state index contributed by atoms with van der Waals surface area (Å²) < 4.78 is 26.4. The van der Waals surface area contributed by atoms with Crippen molar-refractivity contribution in [3.8, 4) is 0 Å². The van der Waals surface area contributed by atoms with Gasteiger partial charge < -0.3 is 5.32 Å². The third-order valence-corrected chi connectivity index (χ3v) is 2.93. The molecule has 0 radical (unpaired) electrons. The molecular formula is C11H12F2N2O2. The summed E-state index contributed by atoms with van der Waals surface area (Å²) in [5, 5.41) is 13.6. The van der Waals surface area contributed by atoms with Gasteiger partial charge in [0.15, 0.2) is 0 Å². The van der Waals surface area contributed by atoms with Crippen LogP contribution < -0.4 is 5.32 Å². The first-order valence-corrected chi connectivity index (χ1v) is 5.48. The van der Waals surface area contributed by atoms with Crippen LogP contribution in [0, 0.1) is 21.7 Å². The Morgan fingerprint density at radius 2 is 1.94 bits per heavy atom. The van der Waals surface area contributed by atoms with Gasteiger partial charge >= 0.3 is 5.69 Å². The summed E-state index contributed by atoms with van der Waals surface area (Å²) in [6, 6.07) is 1.56. The van der Waals surface area contributed by atoms with Crippen molar-refractivity contribution in [2.24, 2.45) is 0 Å². The van der Waals surface area contributed by atoms with Gasteiger partial charge in [-0.25, -0.2) is 4.39 Å². The SMILES string of the molecule is O=[N+]([O-])c1c(F)cc(F)cc1NC1CCCC1. The predicted molar refractivity (Wildman–Crippen MR) is 58.9 cm³/mol. The standard InChI is InChI=1S/C11H12F2N2O2/c12-7-5-9(13)11(15(16)17)10(6-7)14-8-3-1-2-4-8/h5-6,8,14H,1-4H2. The molecule has 0 saturated heterocycles. The van der Waals surface area contributed by atoms with Crippen LogP contribution in [0.15, 0.2) is 12.1 Å². The summed E-state index contributed by atoms with van der Waals surface area (Å²) in [6.07, 6.45) is 3.80. The first-order valence-electron chi connectivity index (χ1n) is 5.48. The van der Waals surface area contributed by atoms with Crippen molar-refractivity contribution in [2.45, 2.75) is 31.7 Å². The third kappa shape index (κ3) is 2.51. The van der Waals surface area contributed by atoms with Crippen LogP contribution in [0.4, 0.5) is 20.2 Å². The number of rotatable bonds is 3. The molecule has 17 heavy (non-hydrogen) atoms. The Bertz CT molecular complexity index is 445. The van der Waals surface area contributed by atoms with E-state index in [4.69, 9.17) is 0 Å². The van der Waals surface area contributed by atoms with E-state index >= 15 is 0 Å². The highest BCUT2D eigenvalue weighted by atomic mass is 19.1. The summed E-state index contributed by atoms with van der Waals surface area (Å²) in [6.45, 7) is 0. The summed E-state index contributed by atoms with van der Waals surface area (Å²) in [4.78, 5) is 9.90. The van der Waals surface area contributed by atoms with Crippen LogP contribution in [0.1, 0.15) is 25.7 Å². The second kappa shape index (κ2) is 4.65. The van der Waals surface area contributed by atoms with Crippen LogP contribution in [-0.2, 0) is 0 Å². The van der Waals surface area contributed by atoms with Crippen LogP contribution >= 0.6 is 0 Å². The van der Waals surface area contributed by atoms with Gasteiger partial charge in [0, 0.05) is 18.2 Å². The lowest BCUT2D eigenvalue weighted by Gasteiger charge is -2.13.